The van der Waals surface area contributed by atoms with Gasteiger partial charge in [-0.3, -0.25) is 9.79 Å². The Morgan fingerprint density at radius 2 is 1.83 bits per heavy atom. The third kappa shape index (κ3) is 4.16. The van der Waals surface area contributed by atoms with Crippen LogP contribution in [0.25, 0.3) is 10.8 Å². The number of ketones is 1. The number of hydrogen-bond donors (Lipinski definition) is 0. The molecule has 0 aliphatic heterocycles. The molecule has 1 unspecified atom stereocenters. The van der Waals surface area contributed by atoms with Crippen LogP contribution in [0.2, 0.25) is 0 Å². The fourth-order valence-electron chi connectivity index (χ4n) is 3.82. The second-order valence-corrected chi connectivity index (χ2v) is 7.36. The lowest BCUT2D eigenvalue weighted by Crippen LogP contribution is -2.09. The molecule has 0 saturated heterocycles. The zero-order valence-corrected chi connectivity index (χ0v) is 16.9. The summed E-state index contributed by atoms with van der Waals surface area (Å²) in [7, 11) is 1.64. The summed E-state index contributed by atoms with van der Waals surface area (Å²) in [5, 5.41) is 2.49. The third-order valence-corrected chi connectivity index (χ3v) is 5.54. The van der Waals surface area contributed by atoms with Gasteiger partial charge in [-0.05, 0) is 34.9 Å². The predicted molar refractivity (Wildman–Crippen MR) is 117 cm³/mol. The maximum Gasteiger partial charge on any atom is 0.163 e. The number of methoxy groups -OCH3 is 1. The third-order valence-electron chi connectivity index (χ3n) is 5.54. The van der Waals surface area contributed by atoms with E-state index in [4.69, 9.17) is 14.5 Å². The maximum absolute atomic E-state index is 11.8. The molecule has 4 heteroatoms. The fraction of sp³-hybridized carbons (Fsp3) is 0.280. The molecule has 29 heavy (non-hydrogen) atoms. The summed E-state index contributed by atoms with van der Waals surface area (Å²) in [5.41, 5.74) is 3.00. The standard InChI is InChI=1S/C25H25NO3/c1-17-22(11-12-23(17)27)26-20-10-13-24(28-2)25(16-20)29-15-14-19-8-5-7-18-6-3-4-9-21(18)19/h3-10,13,16-17H,11-12,14-15H2,1-2H3. The van der Waals surface area contributed by atoms with Crippen molar-refractivity contribution in [3.63, 3.8) is 0 Å². The number of benzene rings is 3. The Kier molecular flexibility index (Phi) is 5.61. The van der Waals surface area contributed by atoms with Crippen molar-refractivity contribution >= 4 is 28.0 Å². The molecule has 1 saturated carbocycles. The van der Waals surface area contributed by atoms with Gasteiger partial charge in [-0.25, -0.2) is 0 Å². The number of aliphatic imine (C=N–C) groups is 1. The molecule has 0 radical (unpaired) electrons. The van der Waals surface area contributed by atoms with Crippen LogP contribution in [0.1, 0.15) is 25.3 Å². The summed E-state index contributed by atoms with van der Waals surface area (Å²) in [6.45, 7) is 2.47. The van der Waals surface area contributed by atoms with Crippen molar-refractivity contribution in [1.29, 1.82) is 0 Å². The highest BCUT2D eigenvalue weighted by molar-refractivity contribution is 6.11. The van der Waals surface area contributed by atoms with Crippen molar-refractivity contribution in [2.24, 2.45) is 10.9 Å². The van der Waals surface area contributed by atoms with Gasteiger partial charge < -0.3 is 9.47 Å². The molecule has 1 aliphatic carbocycles. The number of Topliss-reactive ketones (excluding diaryl/α,β-unsaturated/α-hetero) is 1. The number of rotatable bonds is 6. The SMILES string of the molecule is COc1ccc(N=C2CCC(=O)C2C)cc1OCCc1cccc2ccccc12. The summed E-state index contributed by atoms with van der Waals surface area (Å²) < 4.78 is 11.5. The summed E-state index contributed by atoms with van der Waals surface area (Å²) in [4.78, 5) is 16.5. The molecule has 0 aromatic heterocycles. The van der Waals surface area contributed by atoms with Crippen LogP contribution in [0, 0.1) is 5.92 Å². The van der Waals surface area contributed by atoms with E-state index in [9.17, 15) is 4.79 Å². The van der Waals surface area contributed by atoms with Crippen LogP contribution >= 0.6 is 0 Å². The van der Waals surface area contributed by atoms with Gasteiger partial charge in [0.05, 0.1) is 25.3 Å². The van der Waals surface area contributed by atoms with E-state index >= 15 is 0 Å². The first kappa shape index (κ1) is 19.2. The van der Waals surface area contributed by atoms with E-state index in [0.29, 0.717) is 24.5 Å². The van der Waals surface area contributed by atoms with Crippen molar-refractivity contribution in [2.75, 3.05) is 13.7 Å². The zero-order valence-electron chi connectivity index (χ0n) is 16.9. The van der Waals surface area contributed by atoms with E-state index < -0.39 is 0 Å². The number of fused-ring (bicyclic) bond motifs is 1. The van der Waals surface area contributed by atoms with Gasteiger partial charge >= 0.3 is 0 Å². The molecule has 3 aromatic rings. The smallest absolute Gasteiger partial charge is 0.163 e. The van der Waals surface area contributed by atoms with Gasteiger partial charge in [0.1, 0.15) is 5.78 Å². The topological polar surface area (TPSA) is 47.9 Å². The normalized spacial score (nSPS) is 17.8. The Hall–Kier alpha value is -3.14. The monoisotopic (exact) mass is 387 g/mol. The average molecular weight is 387 g/mol. The molecule has 1 aliphatic rings. The number of ether oxygens (including phenoxy) is 2. The highest BCUT2D eigenvalue weighted by Crippen LogP contribution is 2.33. The molecule has 0 N–H and O–H groups in total. The van der Waals surface area contributed by atoms with E-state index in [1.54, 1.807) is 7.11 Å². The van der Waals surface area contributed by atoms with Crippen LogP contribution in [-0.4, -0.2) is 25.2 Å². The van der Waals surface area contributed by atoms with Crippen LogP contribution in [0.15, 0.2) is 65.7 Å². The van der Waals surface area contributed by atoms with E-state index in [2.05, 4.69) is 42.5 Å². The number of carbonyl (C=O) groups is 1. The van der Waals surface area contributed by atoms with Crippen molar-refractivity contribution in [1.82, 2.24) is 0 Å². The molecular weight excluding hydrogens is 362 g/mol. The lowest BCUT2D eigenvalue weighted by atomic mass is 10.0. The Morgan fingerprint density at radius 1 is 1.00 bits per heavy atom. The highest BCUT2D eigenvalue weighted by atomic mass is 16.5. The van der Waals surface area contributed by atoms with Crippen LogP contribution < -0.4 is 9.47 Å². The molecule has 1 atom stereocenters. The quantitative estimate of drug-likeness (QED) is 0.558. The van der Waals surface area contributed by atoms with Gasteiger partial charge in [-0.2, -0.15) is 0 Å². The van der Waals surface area contributed by atoms with Crippen molar-refractivity contribution in [3.05, 3.63) is 66.2 Å². The average Bonchev–Trinajstić information content (AvgIpc) is 3.06. The van der Waals surface area contributed by atoms with Crippen molar-refractivity contribution in [3.8, 4) is 11.5 Å². The van der Waals surface area contributed by atoms with Crippen LogP contribution in [0.4, 0.5) is 5.69 Å². The molecule has 1 fully saturated rings. The van der Waals surface area contributed by atoms with Crippen LogP contribution in [0.5, 0.6) is 11.5 Å². The highest BCUT2D eigenvalue weighted by Gasteiger charge is 2.26. The summed E-state index contributed by atoms with van der Waals surface area (Å²) in [6.07, 6.45) is 2.13. The van der Waals surface area contributed by atoms with Crippen LogP contribution in [0.3, 0.4) is 0 Å². The molecular formula is C25H25NO3. The van der Waals surface area contributed by atoms with E-state index in [1.165, 1.54) is 16.3 Å². The summed E-state index contributed by atoms with van der Waals surface area (Å²) in [6, 6.07) is 20.4. The van der Waals surface area contributed by atoms with Gasteiger partial charge in [-0.15, -0.1) is 0 Å². The maximum atomic E-state index is 11.8. The summed E-state index contributed by atoms with van der Waals surface area (Å²) >= 11 is 0. The molecule has 0 bridgehead atoms. The minimum atomic E-state index is -0.0900. The first-order valence-electron chi connectivity index (χ1n) is 10.0. The Balaban J connectivity index is 1.50. The number of hydrogen-bond acceptors (Lipinski definition) is 4. The first-order valence-corrected chi connectivity index (χ1v) is 10.0. The minimum absolute atomic E-state index is 0.0900. The van der Waals surface area contributed by atoms with Gasteiger partial charge in [0.25, 0.3) is 0 Å². The van der Waals surface area contributed by atoms with Crippen molar-refractivity contribution in [2.45, 2.75) is 26.2 Å². The first-order chi connectivity index (χ1) is 14.2. The molecule has 0 heterocycles. The molecule has 3 aromatic carbocycles. The largest absolute Gasteiger partial charge is 0.493 e. The van der Waals surface area contributed by atoms with Gasteiger partial charge in [0.15, 0.2) is 11.5 Å². The number of nitrogens with zero attached hydrogens (tertiary/aromatic N) is 1. The van der Waals surface area contributed by atoms with Crippen molar-refractivity contribution < 1.29 is 14.3 Å². The number of carbonyl (C=O) groups excluding carboxylic acids is 1. The van der Waals surface area contributed by atoms with Crippen LogP contribution in [-0.2, 0) is 11.2 Å². The van der Waals surface area contributed by atoms with E-state index in [1.807, 2.05) is 25.1 Å². The molecule has 148 valence electrons. The Morgan fingerprint density at radius 3 is 2.62 bits per heavy atom. The van der Waals surface area contributed by atoms with E-state index in [-0.39, 0.29) is 11.7 Å². The molecule has 0 spiro atoms. The summed E-state index contributed by atoms with van der Waals surface area (Å²) in [5.74, 6) is 1.53. The fourth-order valence-corrected chi connectivity index (χ4v) is 3.82. The second-order valence-electron chi connectivity index (χ2n) is 7.36. The molecule has 4 rings (SSSR count). The van der Waals surface area contributed by atoms with E-state index in [0.717, 1.165) is 24.2 Å². The minimum Gasteiger partial charge on any atom is -0.493 e. The Bertz CT molecular complexity index is 1070. The molecule has 4 nitrogen and oxygen atoms in total. The lowest BCUT2D eigenvalue weighted by molar-refractivity contribution is -0.119. The molecule has 0 amide bonds. The second kappa shape index (κ2) is 8.48. The Labute approximate surface area is 171 Å². The zero-order chi connectivity index (χ0) is 20.2. The predicted octanol–water partition coefficient (Wildman–Crippen LogP) is 5.54. The van der Waals surface area contributed by atoms with Gasteiger partial charge in [-0.1, -0.05) is 49.4 Å². The van der Waals surface area contributed by atoms with Gasteiger partial charge in [0, 0.05) is 24.6 Å². The lowest BCUT2D eigenvalue weighted by Gasteiger charge is -2.13. The van der Waals surface area contributed by atoms with Gasteiger partial charge in [0.2, 0.25) is 0 Å².